The highest BCUT2D eigenvalue weighted by atomic mass is 32.2. The van der Waals surface area contributed by atoms with Gasteiger partial charge in [-0.1, -0.05) is 30.3 Å². The van der Waals surface area contributed by atoms with Crippen molar-refractivity contribution in [3.63, 3.8) is 0 Å². The number of nitrogens with one attached hydrogen (secondary N) is 1. The number of hydrogen-bond acceptors (Lipinski definition) is 3. The van der Waals surface area contributed by atoms with Crippen LogP contribution in [0.25, 0.3) is 0 Å². The van der Waals surface area contributed by atoms with E-state index in [0.29, 0.717) is 11.3 Å². The number of hydrogen-bond donors (Lipinski definition) is 1. The lowest BCUT2D eigenvalue weighted by atomic mass is 10.1. The van der Waals surface area contributed by atoms with E-state index >= 15 is 0 Å². The Balaban J connectivity index is 1.77. The van der Waals surface area contributed by atoms with Gasteiger partial charge in [-0.15, -0.1) is 0 Å². The van der Waals surface area contributed by atoms with E-state index in [-0.39, 0.29) is 29.9 Å². The average molecular weight is 445 g/mol. The first-order valence-corrected chi connectivity index (χ1v) is 11.4. The van der Waals surface area contributed by atoms with Crippen LogP contribution in [0.15, 0.2) is 72.8 Å². The van der Waals surface area contributed by atoms with Gasteiger partial charge in [-0.05, 0) is 55.0 Å². The second-order valence-corrected chi connectivity index (χ2v) is 9.06. The molecule has 1 atom stereocenters. The summed E-state index contributed by atoms with van der Waals surface area (Å²) in [6.45, 7) is 1.61. The molecule has 0 unspecified atom stereocenters. The quantitative estimate of drug-likeness (QED) is 0.587. The van der Waals surface area contributed by atoms with E-state index in [1.54, 1.807) is 25.1 Å². The maximum atomic E-state index is 14.0. The summed E-state index contributed by atoms with van der Waals surface area (Å²) in [6.07, 6.45) is 1.04. The number of rotatable bonds is 7. The summed E-state index contributed by atoms with van der Waals surface area (Å²) in [5.41, 5.74) is 1.63. The van der Waals surface area contributed by atoms with Gasteiger partial charge in [-0.2, -0.15) is 0 Å². The van der Waals surface area contributed by atoms with Crippen molar-refractivity contribution in [3.05, 3.63) is 101 Å². The average Bonchev–Trinajstić information content (AvgIpc) is 2.73. The first-order valence-electron chi connectivity index (χ1n) is 9.52. The van der Waals surface area contributed by atoms with E-state index in [9.17, 15) is 22.0 Å². The lowest BCUT2D eigenvalue weighted by molar-refractivity contribution is 0.0940. The number of amides is 1. The number of benzene rings is 3. The zero-order valence-electron chi connectivity index (χ0n) is 17.0. The van der Waals surface area contributed by atoms with Gasteiger partial charge in [0, 0.05) is 11.1 Å². The summed E-state index contributed by atoms with van der Waals surface area (Å²) in [6, 6.07) is 17.4. The maximum Gasteiger partial charge on any atom is 0.251 e. The third-order valence-corrected chi connectivity index (χ3v) is 5.95. The molecule has 5 nitrogen and oxygen atoms in total. The van der Waals surface area contributed by atoms with E-state index in [4.69, 9.17) is 0 Å². The zero-order valence-corrected chi connectivity index (χ0v) is 17.9. The Morgan fingerprint density at radius 1 is 0.968 bits per heavy atom. The lowest BCUT2D eigenvalue weighted by Crippen LogP contribution is -2.30. The SMILES string of the molecule is C[C@H](NC(=O)c1ccc(N(Cc2ccccc2F)S(C)(=O)=O)cc1)c1ccc(F)cc1. The van der Waals surface area contributed by atoms with Crippen molar-refractivity contribution in [2.45, 2.75) is 19.5 Å². The minimum Gasteiger partial charge on any atom is -0.346 e. The van der Waals surface area contributed by atoms with Gasteiger partial charge in [0.25, 0.3) is 5.91 Å². The lowest BCUT2D eigenvalue weighted by Gasteiger charge is -2.23. The molecule has 0 aliphatic carbocycles. The van der Waals surface area contributed by atoms with Crippen molar-refractivity contribution in [1.82, 2.24) is 5.32 Å². The van der Waals surface area contributed by atoms with Crippen molar-refractivity contribution in [2.24, 2.45) is 0 Å². The van der Waals surface area contributed by atoms with E-state index in [1.165, 1.54) is 54.6 Å². The highest BCUT2D eigenvalue weighted by Crippen LogP contribution is 2.23. The minimum absolute atomic E-state index is 0.168. The highest BCUT2D eigenvalue weighted by Gasteiger charge is 2.20. The van der Waals surface area contributed by atoms with Crippen LogP contribution in [0.3, 0.4) is 0 Å². The van der Waals surface area contributed by atoms with E-state index in [1.807, 2.05) is 0 Å². The standard InChI is InChI=1S/C23H22F2N2O3S/c1-16(17-7-11-20(24)12-8-17)26-23(28)18-9-13-21(14-10-18)27(31(2,29)30)15-19-5-3-4-6-22(19)25/h3-14,16H,15H2,1-2H3,(H,26,28)/t16-/m0/s1. The number of anilines is 1. The van der Waals surface area contributed by atoms with Gasteiger partial charge >= 0.3 is 0 Å². The molecule has 31 heavy (non-hydrogen) atoms. The molecule has 0 aromatic heterocycles. The Kier molecular flexibility index (Phi) is 6.70. The molecule has 0 bridgehead atoms. The zero-order chi connectivity index (χ0) is 22.6. The molecule has 0 saturated carbocycles. The van der Waals surface area contributed by atoms with E-state index in [2.05, 4.69) is 5.32 Å². The fourth-order valence-electron chi connectivity index (χ4n) is 3.08. The Morgan fingerprint density at radius 2 is 1.58 bits per heavy atom. The molecule has 0 heterocycles. The first kappa shape index (κ1) is 22.4. The van der Waals surface area contributed by atoms with Gasteiger partial charge in [0.2, 0.25) is 10.0 Å². The number of sulfonamides is 1. The molecule has 1 amide bonds. The van der Waals surface area contributed by atoms with Crippen LogP contribution in [-0.4, -0.2) is 20.6 Å². The summed E-state index contributed by atoms with van der Waals surface area (Å²) in [5.74, 6) is -1.21. The number of halogens is 2. The second kappa shape index (κ2) is 9.26. The number of nitrogens with zero attached hydrogens (tertiary/aromatic N) is 1. The van der Waals surface area contributed by atoms with Gasteiger partial charge in [-0.3, -0.25) is 9.10 Å². The Morgan fingerprint density at radius 3 is 2.16 bits per heavy atom. The third kappa shape index (κ3) is 5.67. The minimum atomic E-state index is -3.69. The van der Waals surface area contributed by atoms with Crippen molar-refractivity contribution in [2.75, 3.05) is 10.6 Å². The molecule has 0 saturated heterocycles. The predicted molar refractivity (Wildman–Crippen MR) is 116 cm³/mol. The van der Waals surface area contributed by atoms with Crippen LogP contribution in [0.4, 0.5) is 14.5 Å². The fourth-order valence-corrected chi connectivity index (χ4v) is 3.95. The Hall–Kier alpha value is -3.26. The van der Waals surface area contributed by atoms with Gasteiger partial charge < -0.3 is 5.32 Å². The van der Waals surface area contributed by atoms with Gasteiger partial charge in [-0.25, -0.2) is 17.2 Å². The maximum absolute atomic E-state index is 14.0. The molecule has 0 radical (unpaired) electrons. The molecule has 0 aliphatic heterocycles. The molecular formula is C23H22F2N2O3S. The topological polar surface area (TPSA) is 66.5 Å². The highest BCUT2D eigenvalue weighted by molar-refractivity contribution is 7.92. The molecule has 1 N–H and O–H groups in total. The molecule has 0 spiro atoms. The summed E-state index contributed by atoms with van der Waals surface area (Å²) in [7, 11) is -3.69. The fraction of sp³-hybridized carbons (Fsp3) is 0.174. The molecule has 3 aromatic rings. The van der Waals surface area contributed by atoms with Crippen LogP contribution in [0.1, 0.15) is 34.5 Å². The normalized spacial score (nSPS) is 12.3. The molecule has 3 rings (SSSR count). The Labute approximate surface area is 180 Å². The molecular weight excluding hydrogens is 422 g/mol. The smallest absolute Gasteiger partial charge is 0.251 e. The van der Waals surface area contributed by atoms with Crippen LogP contribution in [0.5, 0.6) is 0 Å². The van der Waals surface area contributed by atoms with E-state index < -0.39 is 15.8 Å². The van der Waals surface area contributed by atoms with Crippen LogP contribution < -0.4 is 9.62 Å². The van der Waals surface area contributed by atoms with Crippen molar-refractivity contribution in [1.29, 1.82) is 0 Å². The molecule has 162 valence electrons. The summed E-state index contributed by atoms with van der Waals surface area (Å²) in [4.78, 5) is 12.5. The van der Waals surface area contributed by atoms with Gasteiger partial charge in [0.1, 0.15) is 11.6 Å². The van der Waals surface area contributed by atoms with Crippen LogP contribution >= 0.6 is 0 Å². The van der Waals surface area contributed by atoms with Crippen LogP contribution in [-0.2, 0) is 16.6 Å². The summed E-state index contributed by atoms with van der Waals surface area (Å²) < 4.78 is 52.7. The van der Waals surface area contributed by atoms with Gasteiger partial charge in [0.15, 0.2) is 0 Å². The van der Waals surface area contributed by atoms with E-state index in [0.717, 1.165) is 16.1 Å². The number of carbonyl (C=O) groups is 1. The summed E-state index contributed by atoms with van der Waals surface area (Å²) in [5, 5.41) is 2.82. The largest absolute Gasteiger partial charge is 0.346 e. The summed E-state index contributed by atoms with van der Waals surface area (Å²) >= 11 is 0. The Bertz CT molecular complexity index is 1160. The van der Waals surface area contributed by atoms with Gasteiger partial charge in [0.05, 0.1) is 24.5 Å². The van der Waals surface area contributed by atoms with Crippen LogP contribution in [0, 0.1) is 11.6 Å². The van der Waals surface area contributed by atoms with Crippen molar-refractivity contribution in [3.8, 4) is 0 Å². The van der Waals surface area contributed by atoms with Crippen LogP contribution in [0.2, 0.25) is 0 Å². The van der Waals surface area contributed by atoms with Crippen molar-refractivity contribution >= 4 is 21.6 Å². The predicted octanol–water partition coefficient (Wildman–Crippen LogP) is 4.42. The molecule has 3 aromatic carbocycles. The molecule has 0 aliphatic rings. The molecule has 8 heteroatoms. The monoisotopic (exact) mass is 444 g/mol. The third-order valence-electron chi connectivity index (χ3n) is 4.81. The first-order chi connectivity index (χ1) is 14.6. The second-order valence-electron chi connectivity index (χ2n) is 7.15. The van der Waals surface area contributed by atoms with Crippen molar-refractivity contribution < 1.29 is 22.0 Å². The molecule has 0 fully saturated rings. The number of carbonyl (C=O) groups excluding carboxylic acids is 1.